The first-order valence-corrected chi connectivity index (χ1v) is 7.99. The second kappa shape index (κ2) is 8.30. The number of aliphatic carboxylic acids is 2. The largest absolute Gasteiger partial charge is 0.478 e. The van der Waals surface area contributed by atoms with Crippen molar-refractivity contribution in [3.63, 3.8) is 0 Å². The van der Waals surface area contributed by atoms with Crippen LogP contribution in [0.2, 0.25) is 0 Å². The van der Waals surface area contributed by atoms with Crippen LogP contribution < -0.4 is 0 Å². The minimum Gasteiger partial charge on any atom is -0.478 e. The minimum atomic E-state index is -1.26. The lowest BCUT2D eigenvalue weighted by atomic mass is 10.1. The van der Waals surface area contributed by atoms with Crippen molar-refractivity contribution < 1.29 is 19.8 Å². The van der Waals surface area contributed by atoms with E-state index >= 15 is 0 Å². The Balaban J connectivity index is 0.000000242. The lowest BCUT2D eigenvalue weighted by Gasteiger charge is -2.32. The van der Waals surface area contributed by atoms with Crippen molar-refractivity contribution in [3.8, 4) is 11.3 Å². The summed E-state index contributed by atoms with van der Waals surface area (Å²) in [4.78, 5) is 21.5. The first-order chi connectivity index (χ1) is 11.9. The summed E-state index contributed by atoms with van der Waals surface area (Å²) < 4.78 is 2.46. The van der Waals surface area contributed by atoms with Gasteiger partial charge in [-0.3, -0.25) is 4.90 Å². The van der Waals surface area contributed by atoms with E-state index in [9.17, 15) is 9.59 Å². The van der Waals surface area contributed by atoms with Crippen LogP contribution in [-0.4, -0.2) is 45.2 Å². The van der Waals surface area contributed by atoms with Crippen LogP contribution in [0.25, 0.3) is 11.3 Å². The van der Waals surface area contributed by atoms with Gasteiger partial charge < -0.3 is 14.8 Å². The van der Waals surface area contributed by atoms with E-state index in [4.69, 9.17) is 10.2 Å². The fourth-order valence-electron chi connectivity index (χ4n) is 2.78. The van der Waals surface area contributed by atoms with Gasteiger partial charge in [-0.15, -0.1) is 0 Å². The molecule has 1 aromatic carbocycles. The van der Waals surface area contributed by atoms with Gasteiger partial charge in [0.15, 0.2) is 0 Å². The number of carboxylic acids is 2. The topological polar surface area (TPSA) is 82.8 Å². The van der Waals surface area contributed by atoms with Gasteiger partial charge in [-0.25, -0.2) is 9.59 Å². The first kappa shape index (κ1) is 18.5. The molecule has 6 nitrogen and oxygen atoms in total. The summed E-state index contributed by atoms with van der Waals surface area (Å²) in [5.41, 5.74) is 4.09. The number of hydrogen-bond donors (Lipinski definition) is 2. The number of aromatic nitrogens is 1. The predicted octanol–water partition coefficient (Wildman–Crippen LogP) is 2.87. The molecule has 0 saturated carbocycles. The summed E-state index contributed by atoms with van der Waals surface area (Å²) in [5, 5.41) is 15.6. The Morgan fingerprint density at radius 3 is 2.16 bits per heavy atom. The van der Waals surface area contributed by atoms with Crippen molar-refractivity contribution in [3.05, 3.63) is 60.3 Å². The molecular weight excluding hydrogens is 320 g/mol. The van der Waals surface area contributed by atoms with E-state index in [-0.39, 0.29) is 0 Å². The van der Waals surface area contributed by atoms with E-state index < -0.39 is 11.9 Å². The summed E-state index contributed by atoms with van der Waals surface area (Å²) in [6.07, 6.45) is 1.12. The van der Waals surface area contributed by atoms with Gasteiger partial charge in [0.1, 0.15) is 0 Å². The molecule has 1 atom stereocenters. The van der Waals surface area contributed by atoms with E-state index in [0.717, 1.165) is 13.1 Å². The van der Waals surface area contributed by atoms with Gasteiger partial charge in [-0.2, -0.15) is 0 Å². The second-order valence-corrected chi connectivity index (χ2v) is 5.83. The van der Waals surface area contributed by atoms with Crippen LogP contribution in [0.1, 0.15) is 18.7 Å². The highest BCUT2D eigenvalue weighted by molar-refractivity contribution is 5.89. The molecule has 1 aliphatic heterocycles. The molecule has 0 aliphatic carbocycles. The number of hydrogen-bond acceptors (Lipinski definition) is 3. The highest BCUT2D eigenvalue weighted by Crippen LogP contribution is 2.30. The van der Waals surface area contributed by atoms with Crippen LogP contribution in [0, 0.1) is 0 Å². The summed E-state index contributed by atoms with van der Waals surface area (Å²) in [6.45, 7) is 4.50. The summed E-state index contributed by atoms with van der Waals surface area (Å²) in [5.74, 6) is -2.51. The van der Waals surface area contributed by atoms with Gasteiger partial charge >= 0.3 is 11.9 Å². The molecule has 132 valence electrons. The number of nitrogens with zero attached hydrogens (tertiary/aromatic N) is 2. The van der Waals surface area contributed by atoms with Crippen LogP contribution in [0.3, 0.4) is 0 Å². The molecular formula is C19H22N2O4. The van der Waals surface area contributed by atoms with Crippen LogP contribution in [0.4, 0.5) is 0 Å². The maximum Gasteiger partial charge on any atom is 0.328 e. The second-order valence-electron chi connectivity index (χ2n) is 5.83. The van der Waals surface area contributed by atoms with E-state index in [1.807, 2.05) is 0 Å². The third-order valence-electron chi connectivity index (χ3n) is 4.22. The van der Waals surface area contributed by atoms with E-state index in [0.29, 0.717) is 18.2 Å². The molecule has 2 heterocycles. The molecule has 1 aliphatic rings. The van der Waals surface area contributed by atoms with Crippen LogP contribution in [-0.2, 0) is 16.1 Å². The number of carbonyl (C=O) groups is 2. The normalized spacial score (nSPS) is 16.8. The standard InChI is InChI=1S/C15H18N2.C4H4O4/c1-12-14-8-9-15(13-6-4-3-5-7-13)17(14)11-10-16(12)2;5-3(6)1-2-4(7)8/h3-9,12H,10-11H2,1-2H3;1-2H,(H,5,6)(H,7,8)/b;2-1+. The summed E-state index contributed by atoms with van der Waals surface area (Å²) in [7, 11) is 2.20. The Kier molecular flexibility index (Phi) is 6.14. The molecule has 1 aromatic heterocycles. The molecule has 0 spiro atoms. The third-order valence-corrected chi connectivity index (χ3v) is 4.22. The number of likely N-dealkylation sites (N-methyl/N-ethyl adjacent to an activating group) is 1. The van der Waals surface area contributed by atoms with Gasteiger partial charge in [0.05, 0.1) is 0 Å². The number of carboxylic acid groups (broad SMARTS) is 2. The van der Waals surface area contributed by atoms with Gasteiger partial charge in [0.25, 0.3) is 0 Å². The quantitative estimate of drug-likeness (QED) is 0.838. The molecule has 0 fully saturated rings. The minimum absolute atomic E-state index is 0.515. The first-order valence-electron chi connectivity index (χ1n) is 7.99. The summed E-state index contributed by atoms with van der Waals surface area (Å²) in [6, 6.07) is 15.7. The zero-order valence-electron chi connectivity index (χ0n) is 14.3. The van der Waals surface area contributed by atoms with Crippen molar-refractivity contribution in [2.24, 2.45) is 0 Å². The Bertz CT molecular complexity index is 749. The fourth-order valence-corrected chi connectivity index (χ4v) is 2.78. The smallest absolute Gasteiger partial charge is 0.328 e. The highest BCUT2D eigenvalue weighted by atomic mass is 16.4. The zero-order chi connectivity index (χ0) is 18.4. The van der Waals surface area contributed by atoms with Gasteiger partial charge in [-0.05, 0) is 31.7 Å². The van der Waals surface area contributed by atoms with Gasteiger partial charge in [0, 0.05) is 42.7 Å². The molecule has 6 heteroatoms. The lowest BCUT2D eigenvalue weighted by molar-refractivity contribution is -0.134. The van der Waals surface area contributed by atoms with Crippen LogP contribution in [0.15, 0.2) is 54.6 Å². The average Bonchev–Trinajstić information content (AvgIpc) is 3.02. The predicted molar refractivity (Wildman–Crippen MR) is 95.3 cm³/mol. The number of fused-ring (bicyclic) bond motifs is 1. The molecule has 0 radical (unpaired) electrons. The maximum absolute atomic E-state index is 9.55. The number of benzene rings is 1. The molecule has 0 saturated heterocycles. The average molecular weight is 342 g/mol. The van der Waals surface area contributed by atoms with Gasteiger partial charge in [-0.1, -0.05) is 30.3 Å². The molecule has 25 heavy (non-hydrogen) atoms. The zero-order valence-corrected chi connectivity index (χ0v) is 14.3. The van der Waals surface area contributed by atoms with Crippen molar-refractivity contribution in [1.29, 1.82) is 0 Å². The van der Waals surface area contributed by atoms with Crippen molar-refractivity contribution >= 4 is 11.9 Å². The fraction of sp³-hybridized carbons (Fsp3) is 0.263. The van der Waals surface area contributed by atoms with E-state index in [1.165, 1.54) is 17.0 Å². The molecule has 0 amide bonds. The Hall–Kier alpha value is -2.86. The van der Waals surface area contributed by atoms with Gasteiger partial charge in [0.2, 0.25) is 0 Å². The number of rotatable bonds is 3. The lowest BCUT2D eigenvalue weighted by Crippen LogP contribution is -2.33. The third kappa shape index (κ3) is 4.81. The SMILES string of the molecule is CC1c2ccc(-c3ccccc3)n2CCN1C.O=C(O)/C=C/C(=O)O. The highest BCUT2D eigenvalue weighted by Gasteiger charge is 2.22. The Morgan fingerprint density at radius 2 is 1.60 bits per heavy atom. The molecule has 2 N–H and O–H groups in total. The van der Waals surface area contributed by atoms with E-state index in [1.54, 1.807) is 0 Å². The molecule has 2 aromatic rings. The van der Waals surface area contributed by atoms with Crippen molar-refractivity contribution in [2.45, 2.75) is 19.5 Å². The van der Waals surface area contributed by atoms with Crippen LogP contribution in [0.5, 0.6) is 0 Å². The van der Waals surface area contributed by atoms with Crippen molar-refractivity contribution in [1.82, 2.24) is 9.47 Å². The summed E-state index contributed by atoms with van der Waals surface area (Å²) >= 11 is 0. The Morgan fingerprint density at radius 1 is 1.00 bits per heavy atom. The molecule has 3 rings (SSSR count). The van der Waals surface area contributed by atoms with Crippen LogP contribution >= 0.6 is 0 Å². The van der Waals surface area contributed by atoms with E-state index in [2.05, 4.69) is 65.9 Å². The molecule has 1 unspecified atom stereocenters. The molecule has 0 bridgehead atoms. The maximum atomic E-state index is 9.55. The monoisotopic (exact) mass is 342 g/mol. The van der Waals surface area contributed by atoms with Crippen molar-refractivity contribution in [2.75, 3.05) is 13.6 Å². The Labute approximate surface area is 146 Å².